The van der Waals surface area contributed by atoms with E-state index >= 15 is 0 Å². The number of nitrogens with zero attached hydrogens (tertiary/aromatic N) is 2. The average molecular weight is 255 g/mol. The molecule has 3 heteroatoms. The highest BCUT2D eigenvalue weighted by molar-refractivity contribution is 5.77. The molecule has 19 heavy (non-hydrogen) atoms. The molecule has 2 N–H and O–H groups in total. The van der Waals surface area contributed by atoms with Crippen LogP contribution in [0, 0.1) is 5.92 Å². The molecule has 1 aliphatic carbocycles. The SMILES string of the molecule is CC1CCCC1c1nn(C)c(N)c1-c1ccccc1. The van der Waals surface area contributed by atoms with Crippen molar-refractivity contribution in [3.05, 3.63) is 36.0 Å². The molecule has 3 nitrogen and oxygen atoms in total. The zero-order valence-corrected chi connectivity index (χ0v) is 11.6. The van der Waals surface area contributed by atoms with E-state index in [4.69, 9.17) is 10.8 Å². The van der Waals surface area contributed by atoms with E-state index in [1.54, 1.807) is 0 Å². The fourth-order valence-electron chi connectivity index (χ4n) is 3.27. The lowest BCUT2D eigenvalue weighted by Gasteiger charge is -2.14. The Morgan fingerprint density at radius 3 is 2.58 bits per heavy atom. The average Bonchev–Trinajstić information content (AvgIpc) is 2.96. The molecule has 0 radical (unpaired) electrons. The Morgan fingerprint density at radius 1 is 1.21 bits per heavy atom. The molecule has 2 aromatic rings. The fraction of sp³-hybridized carbons (Fsp3) is 0.438. The normalized spacial score (nSPS) is 22.8. The lowest BCUT2D eigenvalue weighted by Crippen LogP contribution is -2.05. The van der Waals surface area contributed by atoms with Gasteiger partial charge in [0.15, 0.2) is 0 Å². The third kappa shape index (κ3) is 2.03. The minimum absolute atomic E-state index is 0.554. The van der Waals surface area contributed by atoms with Crippen molar-refractivity contribution in [3.63, 3.8) is 0 Å². The van der Waals surface area contributed by atoms with Crippen molar-refractivity contribution in [2.45, 2.75) is 32.1 Å². The van der Waals surface area contributed by atoms with Crippen molar-refractivity contribution in [1.82, 2.24) is 9.78 Å². The smallest absolute Gasteiger partial charge is 0.129 e. The number of anilines is 1. The minimum atomic E-state index is 0.554. The predicted molar refractivity (Wildman–Crippen MR) is 78.8 cm³/mol. The predicted octanol–water partition coefficient (Wildman–Crippen LogP) is 3.57. The zero-order chi connectivity index (χ0) is 13.4. The van der Waals surface area contributed by atoms with E-state index in [0.717, 1.165) is 11.4 Å². The first-order valence-corrected chi connectivity index (χ1v) is 7.06. The van der Waals surface area contributed by atoms with E-state index in [-0.39, 0.29) is 0 Å². The number of rotatable bonds is 2. The van der Waals surface area contributed by atoms with Gasteiger partial charge in [0.1, 0.15) is 5.82 Å². The Balaban J connectivity index is 2.13. The van der Waals surface area contributed by atoms with Crippen molar-refractivity contribution in [3.8, 4) is 11.1 Å². The van der Waals surface area contributed by atoms with Crippen molar-refractivity contribution in [2.24, 2.45) is 13.0 Å². The molecule has 1 aliphatic rings. The summed E-state index contributed by atoms with van der Waals surface area (Å²) in [5, 5.41) is 4.71. The van der Waals surface area contributed by atoms with Gasteiger partial charge in [0, 0.05) is 18.5 Å². The summed E-state index contributed by atoms with van der Waals surface area (Å²) in [5.41, 5.74) is 9.76. The molecule has 2 unspecified atom stereocenters. The van der Waals surface area contributed by atoms with Gasteiger partial charge in [-0.2, -0.15) is 5.10 Å². The van der Waals surface area contributed by atoms with Gasteiger partial charge in [-0.25, -0.2) is 0 Å². The topological polar surface area (TPSA) is 43.8 Å². The third-order valence-electron chi connectivity index (χ3n) is 4.39. The maximum Gasteiger partial charge on any atom is 0.129 e. The Hall–Kier alpha value is -1.77. The number of hydrogen-bond donors (Lipinski definition) is 1. The first kappa shape index (κ1) is 12.3. The largest absolute Gasteiger partial charge is 0.383 e. The van der Waals surface area contributed by atoms with Crippen LogP contribution in [0.2, 0.25) is 0 Å². The molecule has 1 heterocycles. The van der Waals surface area contributed by atoms with E-state index in [9.17, 15) is 0 Å². The summed E-state index contributed by atoms with van der Waals surface area (Å²) in [6, 6.07) is 10.4. The van der Waals surface area contributed by atoms with E-state index < -0.39 is 0 Å². The first-order chi connectivity index (χ1) is 9.18. The van der Waals surface area contributed by atoms with Gasteiger partial charge in [0.05, 0.1) is 5.69 Å². The summed E-state index contributed by atoms with van der Waals surface area (Å²) in [6.07, 6.45) is 3.84. The van der Waals surface area contributed by atoms with Crippen LogP contribution in [0.15, 0.2) is 30.3 Å². The summed E-state index contributed by atoms with van der Waals surface area (Å²) in [4.78, 5) is 0. The number of nitrogen functional groups attached to an aromatic ring is 1. The highest BCUT2D eigenvalue weighted by Gasteiger charge is 2.30. The molecular formula is C16H21N3. The van der Waals surface area contributed by atoms with Crippen molar-refractivity contribution in [2.75, 3.05) is 5.73 Å². The Kier molecular flexibility index (Phi) is 3.05. The molecule has 1 saturated carbocycles. The monoisotopic (exact) mass is 255 g/mol. The highest BCUT2D eigenvalue weighted by atomic mass is 15.3. The summed E-state index contributed by atoms with van der Waals surface area (Å²) in [7, 11) is 1.94. The van der Waals surface area contributed by atoms with Crippen LogP contribution in [0.4, 0.5) is 5.82 Å². The summed E-state index contributed by atoms with van der Waals surface area (Å²) < 4.78 is 1.82. The Bertz CT molecular complexity index is 571. The summed E-state index contributed by atoms with van der Waals surface area (Å²) >= 11 is 0. The molecular weight excluding hydrogens is 234 g/mol. The van der Waals surface area contributed by atoms with Gasteiger partial charge in [0.2, 0.25) is 0 Å². The van der Waals surface area contributed by atoms with E-state index in [1.807, 2.05) is 17.8 Å². The maximum absolute atomic E-state index is 6.25. The van der Waals surface area contributed by atoms with E-state index in [2.05, 4.69) is 31.2 Å². The van der Waals surface area contributed by atoms with Crippen molar-refractivity contribution >= 4 is 5.82 Å². The number of aryl methyl sites for hydroxylation is 1. The van der Waals surface area contributed by atoms with E-state index in [1.165, 1.54) is 30.5 Å². The maximum atomic E-state index is 6.25. The second-order valence-corrected chi connectivity index (χ2v) is 5.65. The van der Waals surface area contributed by atoms with Crippen molar-refractivity contribution < 1.29 is 0 Å². The van der Waals surface area contributed by atoms with Crippen LogP contribution in [0.25, 0.3) is 11.1 Å². The van der Waals surface area contributed by atoms with Gasteiger partial charge in [-0.15, -0.1) is 0 Å². The number of benzene rings is 1. The molecule has 0 amide bonds. The highest BCUT2D eigenvalue weighted by Crippen LogP contribution is 2.44. The van der Waals surface area contributed by atoms with Crippen LogP contribution < -0.4 is 5.73 Å². The van der Waals surface area contributed by atoms with Crippen LogP contribution in [-0.2, 0) is 7.05 Å². The quantitative estimate of drug-likeness (QED) is 0.891. The van der Waals surface area contributed by atoms with Crippen LogP contribution >= 0.6 is 0 Å². The summed E-state index contributed by atoms with van der Waals surface area (Å²) in [5.74, 6) is 2.04. The molecule has 0 spiro atoms. The van der Waals surface area contributed by atoms with Gasteiger partial charge in [-0.05, 0) is 17.9 Å². The molecule has 2 atom stereocenters. The molecule has 1 aromatic carbocycles. The third-order valence-corrected chi connectivity index (χ3v) is 4.39. The molecule has 100 valence electrons. The Morgan fingerprint density at radius 2 is 1.95 bits per heavy atom. The second kappa shape index (κ2) is 4.72. The van der Waals surface area contributed by atoms with Gasteiger partial charge >= 0.3 is 0 Å². The number of aromatic nitrogens is 2. The molecule has 0 aliphatic heterocycles. The van der Waals surface area contributed by atoms with Crippen LogP contribution in [0.5, 0.6) is 0 Å². The fourth-order valence-corrected chi connectivity index (χ4v) is 3.27. The van der Waals surface area contributed by atoms with E-state index in [0.29, 0.717) is 11.8 Å². The lowest BCUT2D eigenvalue weighted by molar-refractivity contribution is 0.516. The van der Waals surface area contributed by atoms with Crippen LogP contribution in [-0.4, -0.2) is 9.78 Å². The number of hydrogen-bond acceptors (Lipinski definition) is 2. The second-order valence-electron chi connectivity index (χ2n) is 5.65. The minimum Gasteiger partial charge on any atom is -0.383 e. The lowest BCUT2D eigenvalue weighted by atomic mass is 9.90. The molecule has 1 aromatic heterocycles. The van der Waals surface area contributed by atoms with Gasteiger partial charge in [-0.1, -0.05) is 50.1 Å². The number of nitrogens with two attached hydrogens (primary N) is 1. The zero-order valence-electron chi connectivity index (χ0n) is 11.6. The van der Waals surface area contributed by atoms with Crippen molar-refractivity contribution in [1.29, 1.82) is 0 Å². The molecule has 1 fully saturated rings. The van der Waals surface area contributed by atoms with Gasteiger partial charge in [0.25, 0.3) is 0 Å². The van der Waals surface area contributed by atoms with Gasteiger partial charge in [-0.3, -0.25) is 4.68 Å². The molecule has 0 saturated heterocycles. The van der Waals surface area contributed by atoms with Gasteiger partial charge < -0.3 is 5.73 Å². The standard InChI is InChI=1S/C16H21N3/c1-11-7-6-10-13(11)15-14(16(17)19(2)18-15)12-8-4-3-5-9-12/h3-5,8-9,11,13H,6-7,10,17H2,1-2H3. The van der Waals surface area contributed by atoms with Crippen LogP contribution in [0.1, 0.15) is 37.8 Å². The van der Waals surface area contributed by atoms with Crippen LogP contribution in [0.3, 0.4) is 0 Å². The Labute approximate surface area is 114 Å². The summed E-state index contributed by atoms with van der Waals surface area (Å²) in [6.45, 7) is 2.33. The molecule has 0 bridgehead atoms. The molecule has 3 rings (SSSR count). The first-order valence-electron chi connectivity index (χ1n) is 7.06.